The second kappa shape index (κ2) is 8.06. The van der Waals surface area contributed by atoms with Gasteiger partial charge in [0, 0.05) is 30.4 Å². The molecule has 1 aromatic rings. The second-order valence-corrected chi connectivity index (χ2v) is 6.09. The van der Waals surface area contributed by atoms with Gasteiger partial charge in [0.2, 0.25) is 5.91 Å². The third kappa shape index (κ3) is 4.76. The third-order valence-electron chi connectivity index (χ3n) is 4.29. The maximum absolute atomic E-state index is 11.8. The highest BCUT2D eigenvalue weighted by Gasteiger charge is 2.18. The van der Waals surface area contributed by atoms with Crippen LogP contribution >= 0.6 is 0 Å². The van der Waals surface area contributed by atoms with E-state index in [2.05, 4.69) is 36.2 Å². The van der Waals surface area contributed by atoms with Gasteiger partial charge in [-0.1, -0.05) is 19.8 Å². The number of hydrogen-bond acceptors (Lipinski definition) is 2. The highest BCUT2D eigenvalue weighted by Crippen LogP contribution is 2.25. The van der Waals surface area contributed by atoms with Crippen LogP contribution in [-0.2, 0) is 4.79 Å². The van der Waals surface area contributed by atoms with E-state index in [0.29, 0.717) is 12.5 Å². The fourth-order valence-corrected chi connectivity index (χ4v) is 2.98. The summed E-state index contributed by atoms with van der Waals surface area (Å²) in [6.07, 6.45) is 7.76. The lowest BCUT2D eigenvalue weighted by atomic mass is 10.0. The number of hydrogen-bond donors (Lipinski definition) is 1. The van der Waals surface area contributed by atoms with Crippen molar-refractivity contribution in [2.24, 2.45) is 0 Å². The Hall–Kier alpha value is -1.51. The Morgan fingerprint density at radius 2 is 2.00 bits per heavy atom. The Balaban J connectivity index is 1.88. The van der Waals surface area contributed by atoms with Gasteiger partial charge in [-0.05, 0) is 56.9 Å². The van der Waals surface area contributed by atoms with Gasteiger partial charge in [0.1, 0.15) is 0 Å². The average molecular weight is 288 g/mol. The van der Waals surface area contributed by atoms with E-state index in [-0.39, 0.29) is 5.91 Å². The number of rotatable bonds is 6. The molecule has 1 aliphatic rings. The Labute approximate surface area is 128 Å². The van der Waals surface area contributed by atoms with Gasteiger partial charge in [-0.25, -0.2) is 0 Å². The molecule has 2 rings (SSSR count). The molecule has 1 aliphatic heterocycles. The first-order valence-electron chi connectivity index (χ1n) is 8.37. The van der Waals surface area contributed by atoms with Crippen LogP contribution in [0.3, 0.4) is 0 Å². The molecule has 3 nitrogen and oxygen atoms in total. The van der Waals surface area contributed by atoms with Crippen molar-refractivity contribution >= 4 is 17.3 Å². The van der Waals surface area contributed by atoms with Crippen LogP contribution in [-0.4, -0.2) is 18.5 Å². The molecule has 1 aromatic carbocycles. The first kappa shape index (κ1) is 15.9. The number of benzene rings is 1. The minimum Gasteiger partial charge on any atom is -0.369 e. The predicted octanol–water partition coefficient (Wildman–Crippen LogP) is 4.58. The summed E-state index contributed by atoms with van der Waals surface area (Å²) in [6.45, 7) is 5.59. The van der Waals surface area contributed by atoms with E-state index in [1.165, 1.54) is 24.9 Å². The van der Waals surface area contributed by atoms with Gasteiger partial charge in [0.25, 0.3) is 0 Å². The molecule has 1 unspecified atom stereocenters. The van der Waals surface area contributed by atoms with Crippen molar-refractivity contribution in [1.82, 2.24) is 0 Å². The van der Waals surface area contributed by atoms with E-state index in [4.69, 9.17) is 0 Å². The van der Waals surface area contributed by atoms with Gasteiger partial charge in [0.15, 0.2) is 0 Å². The van der Waals surface area contributed by atoms with Crippen molar-refractivity contribution in [3.05, 3.63) is 24.3 Å². The Morgan fingerprint density at radius 1 is 1.24 bits per heavy atom. The number of carbonyl (C=O) groups excluding carboxylic acids is 1. The average Bonchev–Trinajstić information content (AvgIpc) is 2.49. The molecule has 1 N–H and O–H groups in total. The lowest BCUT2D eigenvalue weighted by molar-refractivity contribution is -0.116. The molecular weight excluding hydrogens is 260 g/mol. The molecular formula is C18H28N2O. The van der Waals surface area contributed by atoms with Gasteiger partial charge in [-0.3, -0.25) is 4.79 Å². The molecule has 0 aromatic heterocycles. The Morgan fingerprint density at radius 3 is 2.67 bits per heavy atom. The van der Waals surface area contributed by atoms with Crippen molar-refractivity contribution in [2.45, 2.75) is 64.8 Å². The van der Waals surface area contributed by atoms with Crippen LogP contribution in [0, 0.1) is 0 Å². The maximum Gasteiger partial charge on any atom is 0.224 e. The first-order chi connectivity index (χ1) is 10.2. The summed E-state index contributed by atoms with van der Waals surface area (Å²) in [4.78, 5) is 14.3. The number of piperidine rings is 1. The SMILES string of the molecule is CCCCCC(=O)Nc1ccc(N2CCCCC2C)cc1. The van der Waals surface area contributed by atoms with Gasteiger partial charge < -0.3 is 10.2 Å². The van der Waals surface area contributed by atoms with Gasteiger partial charge in [-0.15, -0.1) is 0 Å². The zero-order valence-electron chi connectivity index (χ0n) is 13.4. The summed E-state index contributed by atoms with van der Waals surface area (Å²) >= 11 is 0. The normalized spacial score (nSPS) is 18.6. The van der Waals surface area contributed by atoms with Gasteiger partial charge >= 0.3 is 0 Å². The lowest BCUT2D eigenvalue weighted by Gasteiger charge is -2.35. The summed E-state index contributed by atoms with van der Waals surface area (Å²) in [6, 6.07) is 8.92. The van der Waals surface area contributed by atoms with Gasteiger partial charge in [0.05, 0.1) is 0 Å². The molecule has 1 atom stereocenters. The summed E-state index contributed by atoms with van der Waals surface area (Å²) in [5.41, 5.74) is 2.18. The molecule has 3 heteroatoms. The fraction of sp³-hybridized carbons (Fsp3) is 0.611. The molecule has 1 saturated heterocycles. The van der Waals surface area contributed by atoms with Crippen LogP contribution in [0.5, 0.6) is 0 Å². The maximum atomic E-state index is 11.8. The standard InChI is InChI=1S/C18H28N2O/c1-3-4-5-9-18(21)19-16-10-12-17(13-11-16)20-14-7-6-8-15(20)2/h10-13,15H,3-9,14H2,1-2H3,(H,19,21). The largest absolute Gasteiger partial charge is 0.369 e. The van der Waals surface area contributed by atoms with E-state index in [9.17, 15) is 4.79 Å². The molecule has 21 heavy (non-hydrogen) atoms. The molecule has 1 heterocycles. The lowest BCUT2D eigenvalue weighted by Crippen LogP contribution is -2.37. The molecule has 0 spiro atoms. The van der Waals surface area contributed by atoms with Crippen molar-refractivity contribution in [1.29, 1.82) is 0 Å². The van der Waals surface area contributed by atoms with E-state index in [0.717, 1.165) is 31.5 Å². The minimum atomic E-state index is 0.127. The summed E-state index contributed by atoms with van der Waals surface area (Å²) < 4.78 is 0. The predicted molar refractivity (Wildman–Crippen MR) is 89.9 cm³/mol. The van der Waals surface area contributed by atoms with Crippen molar-refractivity contribution in [2.75, 3.05) is 16.8 Å². The van der Waals surface area contributed by atoms with E-state index < -0.39 is 0 Å². The van der Waals surface area contributed by atoms with E-state index >= 15 is 0 Å². The van der Waals surface area contributed by atoms with Crippen molar-refractivity contribution < 1.29 is 4.79 Å². The number of unbranched alkanes of at least 4 members (excludes halogenated alkanes) is 2. The Bertz CT molecular complexity index is 441. The zero-order valence-corrected chi connectivity index (χ0v) is 13.4. The molecule has 116 valence electrons. The molecule has 0 bridgehead atoms. The van der Waals surface area contributed by atoms with Crippen LogP contribution in [0.15, 0.2) is 24.3 Å². The van der Waals surface area contributed by atoms with E-state index in [1.54, 1.807) is 0 Å². The molecule has 0 radical (unpaired) electrons. The molecule has 1 fully saturated rings. The van der Waals surface area contributed by atoms with Crippen LogP contribution in [0.4, 0.5) is 11.4 Å². The quantitative estimate of drug-likeness (QED) is 0.777. The summed E-state index contributed by atoms with van der Waals surface area (Å²) in [5.74, 6) is 0.127. The number of amides is 1. The second-order valence-electron chi connectivity index (χ2n) is 6.09. The van der Waals surface area contributed by atoms with Crippen LogP contribution in [0.25, 0.3) is 0 Å². The summed E-state index contributed by atoms with van der Waals surface area (Å²) in [5, 5.41) is 2.98. The minimum absolute atomic E-state index is 0.127. The monoisotopic (exact) mass is 288 g/mol. The fourth-order valence-electron chi connectivity index (χ4n) is 2.98. The number of anilines is 2. The molecule has 0 saturated carbocycles. The number of nitrogens with zero attached hydrogens (tertiary/aromatic N) is 1. The molecule has 0 aliphatic carbocycles. The number of carbonyl (C=O) groups is 1. The smallest absolute Gasteiger partial charge is 0.224 e. The van der Waals surface area contributed by atoms with Crippen molar-refractivity contribution in [3.63, 3.8) is 0 Å². The van der Waals surface area contributed by atoms with Crippen LogP contribution in [0.2, 0.25) is 0 Å². The zero-order chi connectivity index (χ0) is 15.1. The number of nitrogens with one attached hydrogen (secondary N) is 1. The molecule has 1 amide bonds. The van der Waals surface area contributed by atoms with Crippen molar-refractivity contribution in [3.8, 4) is 0 Å². The summed E-state index contributed by atoms with van der Waals surface area (Å²) in [7, 11) is 0. The Kier molecular flexibility index (Phi) is 6.09. The highest BCUT2D eigenvalue weighted by molar-refractivity contribution is 5.90. The van der Waals surface area contributed by atoms with Crippen LogP contribution in [0.1, 0.15) is 58.8 Å². The third-order valence-corrected chi connectivity index (χ3v) is 4.29. The van der Waals surface area contributed by atoms with Gasteiger partial charge in [-0.2, -0.15) is 0 Å². The highest BCUT2D eigenvalue weighted by atomic mass is 16.1. The van der Waals surface area contributed by atoms with E-state index in [1.807, 2.05) is 12.1 Å². The first-order valence-corrected chi connectivity index (χ1v) is 8.37. The topological polar surface area (TPSA) is 32.3 Å². The van der Waals surface area contributed by atoms with Crippen LogP contribution < -0.4 is 10.2 Å².